The van der Waals surface area contributed by atoms with Gasteiger partial charge in [0.15, 0.2) is 5.78 Å². The number of alkyl halides is 3. The smallest absolute Gasteiger partial charge is 0.384 e. The van der Waals surface area contributed by atoms with Crippen molar-refractivity contribution in [1.29, 1.82) is 5.26 Å². The maximum atomic E-state index is 13.6. The Kier molecular flexibility index (Phi) is 4.62. The van der Waals surface area contributed by atoms with Crippen LogP contribution in [-0.2, 0) is 21.2 Å². The Labute approximate surface area is 193 Å². The Bertz CT molecular complexity index is 1380. The number of carbonyl (C=O) groups excluding carboxylic acids is 2. The van der Waals surface area contributed by atoms with Crippen molar-refractivity contribution >= 4 is 23.1 Å². The van der Waals surface area contributed by atoms with Crippen molar-refractivity contribution in [3.05, 3.63) is 81.8 Å². The minimum absolute atomic E-state index is 0.0694. The van der Waals surface area contributed by atoms with Gasteiger partial charge >= 0.3 is 6.18 Å². The molecule has 0 fully saturated rings. The summed E-state index contributed by atoms with van der Waals surface area (Å²) in [5, 5.41) is 13.0. The first kappa shape index (κ1) is 21.8. The molecule has 2 aromatic rings. The molecule has 1 atom stereocenters. The van der Waals surface area contributed by atoms with E-state index in [0.29, 0.717) is 29.8 Å². The summed E-state index contributed by atoms with van der Waals surface area (Å²) >= 11 is 0. The molecule has 1 spiro atoms. The molecular formula is C25H19F3N4O2. The fourth-order valence-electron chi connectivity index (χ4n) is 5.22. The van der Waals surface area contributed by atoms with Gasteiger partial charge in [-0.1, -0.05) is 23.8 Å². The second-order valence-electron chi connectivity index (χ2n) is 8.61. The molecule has 2 aromatic carbocycles. The molecule has 9 heteroatoms. The number of Topliss-reactive ketones (excluding diaryl/α,β-unsaturated/α-hetero) is 1. The average Bonchev–Trinajstić information content (AvgIpc) is 3.05. The molecule has 172 valence electrons. The van der Waals surface area contributed by atoms with Crippen LogP contribution in [0.1, 0.15) is 36.0 Å². The van der Waals surface area contributed by atoms with E-state index < -0.39 is 23.1 Å². The van der Waals surface area contributed by atoms with Crippen LogP contribution in [0.2, 0.25) is 0 Å². The lowest BCUT2D eigenvalue weighted by molar-refractivity contribution is -0.137. The summed E-state index contributed by atoms with van der Waals surface area (Å²) < 4.78 is 40.3. The number of fused-ring (bicyclic) bond motifs is 3. The highest BCUT2D eigenvalue weighted by atomic mass is 19.4. The predicted molar refractivity (Wildman–Crippen MR) is 118 cm³/mol. The summed E-state index contributed by atoms with van der Waals surface area (Å²) in [6.45, 7) is 1.83. The highest BCUT2D eigenvalue weighted by Gasteiger charge is 2.60. The molecule has 3 N–H and O–H groups in total. The van der Waals surface area contributed by atoms with Crippen LogP contribution < -0.4 is 16.0 Å². The van der Waals surface area contributed by atoms with E-state index in [4.69, 9.17) is 5.73 Å². The number of rotatable bonds is 1. The fourth-order valence-corrected chi connectivity index (χ4v) is 5.22. The van der Waals surface area contributed by atoms with Crippen LogP contribution in [0.3, 0.4) is 0 Å². The summed E-state index contributed by atoms with van der Waals surface area (Å²) in [6, 6.07) is 11.8. The fraction of sp³-hybridized carbons (Fsp3) is 0.240. The number of halogens is 3. The molecule has 0 aromatic heterocycles. The number of nitrogens with zero attached hydrogens (tertiary/aromatic N) is 2. The van der Waals surface area contributed by atoms with Crippen LogP contribution in [0.25, 0.3) is 0 Å². The number of hydrogen-bond acceptors (Lipinski definition) is 5. The van der Waals surface area contributed by atoms with Gasteiger partial charge in [-0.25, -0.2) is 0 Å². The number of anilines is 2. The lowest BCUT2D eigenvalue weighted by Gasteiger charge is -2.43. The number of aryl methyl sites for hydroxylation is 1. The first-order valence-corrected chi connectivity index (χ1v) is 10.7. The van der Waals surface area contributed by atoms with Crippen molar-refractivity contribution in [3.8, 4) is 6.07 Å². The van der Waals surface area contributed by atoms with Gasteiger partial charge in [0.05, 0.1) is 11.1 Å². The van der Waals surface area contributed by atoms with Crippen LogP contribution in [0, 0.1) is 18.3 Å². The summed E-state index contributed by atoms with van der Waals surface area (Å²) in [6.07, 6.45) is -3.68. The Hall–Kier alpha value is -4.06. The van der Waals surface area contributed by atoms with Gasteiger partial charge in [0, 0.05) is 34.6 Å². The Morgan fingerprint density at radius 3 is 2.62 bits per heavy atom. The summed E-state index contributed by atoms with van der Waals surface area (Å²) in [5.74, 6) is -1.07. The first-order valence-electron chi connectivity index (χ1n) is 10.7. The van der Waals surface area contributed by atoms with Crippen molar-refractivity contribution in [2.24, 2.45) is 5.73 Å². The molecule has 0 saturated carbocycles. The van der Waals surface area contributed by atoms with Gasteiger partial charge in [0.1, 0.15) is 17.3 Å². The molecule has 1 amide bonds. The molecule has 0 radical (unpaired) electrons. The minimum Gasteiger partial charge on any atom is -0.384 e. The van der Waals surface area contributed by atoms with Crippen LogP contribution in [0.5, 0.6) is 0 Å². The van der Waals surface area contributed by atoms with Crippen LogP contribution >= 0.6 is 0 Å². The van der Waals surface area contributed by atoms with Crippen LogP contribution in [0.15, 0.2) is 65.1 Å². The number of nitrogens with two attached hydrogens (primary N) is 1. The molecule has 5 rings (SSSR count). The normalized spacial score (nSPS) is 22.0. The maximum absolute atomic E-state index is 13.6. The summed E-state index contributed by atoms with van der Waals surface area (Å²) in [7, 11) is 0. The topological polar surface area (TPSA) is 99.2 Å². The second kappa shape index (κ2) is 7.22. The zero-order valence-electron chi connectivity index (χ0n) is 18.1. The monoisotopic (exact) mass is 464 g/mol. The Morgan fingerprint density at radius 2 is 1.91 bits per heavy atom. The van der Waals surface area contributed by atoms with Gasteiger partial charge in [-0.3, -0.25) is 14.5 Å². The van der Waals surface area contributed by atoms with Gasteiger partial charge in [-0.15, -0.1) is 0 Å². The molecule has 1 unspecified atom stereocenters. The molecule has 34 heavy (non-hydrogen) atoms. The van der Waals surface area contributed by atoms with Crippen molar-refractivity contribution in [2.75, 3.05) is 10.2 Å². The van der Waals surface area contributed by atoms with Gasteiger partial charge in [0.2, 0.25) is 5.91 Å². The Morgan fingerprint density at radius 1 is 1.15 bits per heavy atom. The maximum Gasteiger partial charge on any atom is 0.416 e. The van der Waals surface area contributed by atoms with E-state index in [2.05, 4.69) is 5.32 Å². The number of hydrogen-bond donors (Lipinski definition) is 2. The third-order valence-corrected chi connectivity index (χ3v) is 6.61. The van der Waals surface area contributed by atoms with E-state index >= 15 is 0 Å². The molecular weight excluding hydrogens is 445 g/mol. The number of benzene rings is 2. The average molecular weight is 464 g/mol. The zero-order chi connectivity index (χ0) is 24.4. The number of amides is 1. The number of ketones is 1. The Balaban J connectivity index is 1.85. The van der Waals surface area contributed by atoms with E-state index in [0.717, 1.165) is 17.7 Å². The van der Waals surface area contributed by atoms with E-state index in [9.17, 15) is 28.0 Å². The van der Waals surface area contributed by atoms with Crippen molar-refractivity contribution in [3.63, 3.8) is 0 Å². The van der Waals surface area contributed by atoms with E-state index in [1.807, 2.05) is 13.0 Å². The van der Waals surface area contributed by atoms with Crippen molar-refractivity contribution in [2.45, 2.75) is 37.8 Å². The van der Waals surface area contributed by atoms with E-state index in [1.165, 1.54) is 17.0 Å². The second-order valence-corrected chi connectivity index (χ2v) is 8.61. The van der Waals surface area contributed by atoms with E-state index in [1.54, 1.807) is 18.2 Å². The highest BCUT2D eigenvalue weighted by molar-refractivity contribution is 6.19. The molecule has 1 aliphatic carbocycles. The minimum atomic E-state index is -4.59. The van der Waals surface area contributed by atoms with Gasteiger partial charge in [-0.05, 0) is 44.0 Å². The lowest BCUT2D eigenvalue weighted by Crippen LogP contribution is -2.50. The predicted octanol–water partition coefficient (Wildman–Crippen LogP) is 4.42. The molecule has 0 saturated heterocycles. The number of nitriles is 1. The van der Waals surface area contributed by atoms with Gasteiger partial charge in [-0.2, -0.15) is 18.4 Å². The molecule has 3 aliphatic rings. The quantitative estimate of drug-likeness (QED) is 0.651. The standard InChI is InChI=1S/C25H19F3N4O2/c1-13-8-9-18-16(10-13)24(23(34)31-18)17(12-29)22(30)32(19-6-3-7-20(33)21(19)24)15-5-2-4-14(11-15)25(26,27)28/h2,4-5,8-11H,3,6-7,30H2,1H3,(H,31,34). The van der Waals surface area contributed by atoms with Gasteiger partial charge in [0.25, 0.3) is 0 Å². The number of nitrogens with one attached hydrogen (secondary N) is 1. The van der Waals surface area contributed by atoms with E-state index in [-0.39, 0.29) is 34.9 Å². The highest BCUT2D eigenvalue weighted by Crippen LogP contribution is 2.55. The first-order chi connectivity index (χ1) is 16.1. The zero-order valence-corrected chi connectivity index (χ0v) is 18.1. The third kappa shape index (κ3) is 2.81. The SMILES string of the molecule is Cc1ccc2c(c1)C1(C(=O)N2)C(C#N)=C(N)N(c2cccc(C(F)(F)F)c2)C2=C1C(=O)CCC2. The largest absolute Gasteiger partial charge is 0.416 e. The molecule has 0 bridgehead atoms. The van der Waals surface area contributed by atoms with Gasteiger partial charge < -0.3 is 11.1 Å². The van der Waals surface area contributed by atoms with Crippen LogP contribution in [0.4, 0.5) is 24.5 Å². The lowest BCUT2D eigenvalue weighted by atomic mass is 9.63. The van der Waals surface area contributed by atoms with Crippen molar-refractivity contribution in [1.82, 2.24) is 0 Å². The number of carbonyl (C=O) groups is 2. The molecule has 2 aliphatic heterocycles. The summed E-state index contributed by atoms with van der Waals surface area (Å²) in [4.78, 5) is 28.3. The number of allylic oxidation sites excluding steroid dienone is 1. The third-order valence-electron chi connectivity index (χ3n) is 6.61. The van der Waals surface area contributed by atoms with Crippen molar-refractivity contribution < 1.29 is 22.8 Å². The molecule has 2 heterocycles. The van der Waals surface area contributed by atoms with Crippen LogP contribution in [-0.4, -0.2) is 11.7 Å². The summed E-state index contributed by atoms with van der Waals surface area (Å²) in [5.41, 5.74) is 5.90. The molecule has 6 nitrogen and oxygen atoms in total.